The van der Waals surface area contributed by atoms with Crippen LogP contribution in [0.15, 0.2) is 36.4 Å². The van der Waals surface area contributed by atoms with E-state index < -0.39 is 0 Å². The van der Waals surface area contributed by atoms with E-state index in [1.165, 1.54) is 7.11 Å². The van der Waals surface area contributed by atoms with Gasteiger partial charge in [0.1, 0.15) is 5.75 Å². The number of anilines is 3. The second-order valence-electron chi connectivity index (χ2n) is 5.64. The molecule has 2 aromatic rings. The molecule has 0 aromatic heterocycles. The molecule has 0 bridgehead atoms. The first-order chi connectivity index (χ1) is 12.1. The minimum absolute atomic E-state index is 0.294. The monoisotopic (exact) mass is 361 g/mol. The molecule has 1 fully saturated rings. The summed E-state index contributed by atoms with van der Waals surface area (Å²) in [7, 11) is 1.53. The van der Waals surface area contributed by atoms with Crippen LogP contribution in [0.3, 0.4) is 0 Å². The summed E-state index contributed by atoms with van der Waals surface area (Å²) >= 11 is 6.28. The zero-order chi connectivity index (χ0) is 17.8. The predicted molar refractivity (Wildman–Crippen MR) is 99.8 cm³/mol. The predicted octanol–water partition coefficient (Wildman–Crippen LogP) is 3.02. The van der Waals surface area contributed by atoms with Crippen molar-refractivity contribution in [2.75, 3.05) is 49.4 Å². The maximum absolute atomic E-state index is 12.6. The van der Waals surface area contributed by atoms with E-state index in [0.29, 0.717) is 40.9 Å². The maximum atomic E-state index is 12.6. The van der Waals surface area contributed by atoms with Gasteiger partial charge in [0, 0.05) is 13.1 Å². The Labute approximate surface area is 151 Å². The molecule has 3 N–H and O–H groups in total. The summed E-state index contributed by atoms with van der Waals surface area (Å²) in [6, 6.07) is 10.5. The number of carbonyl (C=O) groups is 1. The van der Waals surface area contributed by atoms with Crippen molar-refractivity contribution in [2.45, 2.75) is 0 Å². The number of methoxy groups -OCH3 is 1. The standard InChI is InChI=1S/C18H20ClN3O3/c1-24-17-5-3-2-4-12(17)18(23)21-15-11-16(14(20)10-13(15)19)22-6-8-25-9-7-22/h2-5,10-11H,6-9,20H2,1H3,(H,21,23). The summed E-state index contributed by atoms with van der Waals surface area (Å²) in [5.74, 6) is 0.206. The van der Waals surface area contributed by atoms with Gasteiger partial charge in [-0.25, -0.2) is 0 Å². The maximum Gasteiger partial charge on any atom is 0.259 e. The van der Waals surface area contributed by atoms with Crippen LogP contribution in [0.25, 0.3) is 0 Å². The Balaban J connectivity index is 1.87. The molecule has 0 unspecified atom stereocenters. The number of morpholine rings is 1. The van der Waals surface area contributed by atoms with E-state index in [1.54, 1.807) is 30.3 Å². The first-order valence-electron chi connectivity index (χ1n) is 7.96. The lowest BCUT2D eigenvalue weighted by molar-refractivity contribution is 0.102. The number of nitrogens with two attached hydrogens (primary N) is 1. The summed E-state index contributed by atoms with van der Waals surface area (Å²) in [5, 5.41) is 3.23. The molecule has 1 aliphatic heterocycles. The molecule has 2 aromatic carbocycles. The van der Waals surface area contributed by atoms with Crippen LogP contribution >= 0.6 is 11.6 Å². The Bertz CT molecular complexity index is 776. The molecule has 132 valence electrons. The van der Waals surface area contributed by atoms with E-state index in [-0.39, 0.29) is 5.91 Å². The van der Waals surface area contributed by atoms with Crippen molar-refractivity contribution in [3.63, 3.8) is 0 Å². The molecule has 7 heteroatoms. The average Bonchev–Trinajstić information content (AvgIpc) is 2.64. The van der Waals surface area contributed by atoms with Crippen LogP contribution in [0.2, 0.25) is 5.02 Å². The first kappa shape index (κ1) is 17.4. The van der Waals surface area contributed by atoms with Crippen molar-refractivity contribution in [1.29, 1.82) is 0 Å². The lowest BCUT2D eigenvalue weighted by Crippen LogP contribution is -2.36. The van der Waals surface area contributed by atoms with Crippen LogP contribution in [0, 0.1) is 0 Å². The van der Waals surface area contributed by atoms with Gasteiger partial charge in [0.15, 0.2) is 0 Å². The lowest BCUT2D eigenvalue weighted by Gasteiger charge is -2.30. The van der Waals surface area contributed by atoms with Crippen molar-refractivity contribution in [3.05, 3.63) is 47.0 Å². The third-order valence-corrected chi connectivity index (χ3v) is 4.38. The van der Waals surface area contributed by atoms with Gasteiger partial charge in [-0.3, -0.25) is 4.79 Å². The molecule has 0 spiro atoms. The SMILES string of the molecule is COc1ccccc1C(=O)Nc1cc(N2CCOCC2)c(N)cc1Cl. The third-order valence-electron chi connectivity index (χ3n) is 4.07. The Kier molecular flexibility index (Phi) is 5.31. The van der Waals surface area contributed by atoms with Crippen molar-refractivity contribution in [3.8, 4) is 5.75 Å². The fourth-order valence-corrected chi connectivity index (χ4v) is 2.99. The summed E-state index contributed by atoms with van der Waals surface area (Å²) in [6.45, 7) is 2.77. The fourth-order valence-electron chi connectivity index (χ4n) is 2.77. The van der Waals surface area contributed by atoms with Crippen LogP contribution in [0.1, 0.15) is 10.4 Å². The number of carbonyl (C=O) groups excluding carboxylic acids is 1. The first-order valence-corrected chi connectivity index (χ1v) is 8.34. The van der Waals surface area contributed by atoms with Gasteiger partial charge in [0.25, 0.3) is 5.91 Å². The second-order valence-corrected chi connectivity index (χ2v) is 6.05. The number of hydrogen-bond acceptors (Lipinski definition) is 5. The Hall–Kier alpha value is -2.44. The molecule has 1 amide bonds. The number of nitrogen functional groups attached to an aromatic ring is 1. The normalized spacial score (nSPS) is 14.2. The van der Waals surface area contributed by atoms with E-state index in [2.05, 4.69) is 10.2 Å². The number of benzene rings is 2. The zero-order valence-corrected chi connectivity index (χ0v) is 14.7. The molecular weight excluding hydrogens is 342 g/mol. The molecule has 1 heterocycles. The highest BCUT2D eigenvalue weighted by Gasteiger charge is 2.18. The van der Waals surface area contributed by atoms with E-state index in [4.69, 9.17) is 26.8 Å². The lowest BCUT2D eigenvalue weighted by atomic mass is 10.1. The Morgan fingerprint density at radius 3 is 2.72 bits per heavy atom. The number of nitrogens with zero attached hydrogens (tertiary/aromatic N) is 1. The molecule has 0 aliphatic carbocycles. The van der Waals surface area contributed by atoms with Crippen LogP contribution in [-0.2, 0) is 4.74 Å². The van der Waals surface area contributed by atoms with Gasteiger partial charge >= 0.3 is 0 Å². The van der Waals surface area contributed by atoms with Crippen LogP contribution < -0.4 is 20.7 Å². The number of amides is 1. The average molecular weight is 362 g/mol. The van der Waals surface area contributed by atoms with Gasteiger partial charge in [-0.1, -0.05) is 23.7 Å². The fraction of sp³-hybridized carbons (Fsp3) is 0.278. The molecule has 0 radical (unpaired) electrons. The van der Waals surface area contributed by atoms with Crippen LogP contribution in [0.4, 0.5) is 17.1 Å². The molecule has 0 saturated carbocycles. The smallest absolute Gasteiger partial charge is 0.259 e. The topological polar surface area (TPSA) is 76.8 Å². The van der Waals surface area contributed by atoms with Crippen molar-refractivity contribution >= 4 is 34.6 Å². The summed E-state index contributed by atoms with van der Waals surface area (Å²) in [4.78, 5) is 14.7. The summed E-state index contributed by atoms with van der Waals surface area (Å²) < 4.78 is 10.6. The van der Waals surface area contributed by atoms with Crippen molar-refractivity contribution in [1.82, 2.24) is 0 Å². The van der Waals surface area contributed by atoms with Gasteiger partial charge in [-0.15, -0.1) is 0 Å². The van der Waals surface area contributed by atoms with E-state index in [9.17, 15) is 4.79 Å². The number of rotatable bonds is 4. The van der Waals surface area contributed by atoms with Gasteiger partial charge in [-0.05, 0) is 24.3 Å². The molecule has 0 atom stereocenters. The Morgan fingerprint density at radius 2 is 2.00 bits per heavy atom. The van der Waals surface area contributed by atoms with Gasteiger partial charge in [0.05, 0.1) is 48.0 Å². The largest absolute Gasteiger partial charge is 0.496 e. The zero-order valence-electron chi connectivity index (χ0n) is 13.9. The quantitative estimate of drug-likeness (QED) is 0.818. The number of hydrogen-bond donors (Lipinski definition) is 2. The molecule has 1 saturated heterocycles. The Morgan fingerprint density at radius 1 is 1.28 bits per heavy atom. The highest BCUT2D eigenvalue weighted by atomic mass is 35.5. The van der Waals surface area contributed by atoms with E-state index >= 15 is 0 Å². The highest BCUT2D eigenvalue weighted by Crippen LogP contribution is 2.34. The van der Waals surface area contributed by atoms with Gasteiger partial charge in [0.2, 0.25) is 0 Å². The van der Waals surface area contributed by atoms with Crippen LogP contribution in [0.5, 0.6) is 5.75 Å². The van der Waals surface area contributed by atoms with Crippen molar-refractivity contribution in [2.24, 2.45) is 0 Å². The van der Waals surface area contributed by atoms with E-state index in [1.807, 2.05) is 6.07 Å². The van der Waals surface area contributed by atoms with Crippen LogP contribution in [-0.4, -0.2) is 39.3 Å². The molecule has 1 aliphatic rings. The second kappa shape index (κ2) is 7.63. The van der Waals surface area contributed by atoms with Crippen molar-refractivity contribution < 1.29 is 14.3 Å². The third kappa shape index (κ3) is 3.81. The molecule has 25 heavy (non-hydrogen) atoms. The van der Waals surface area contributed by atoms with Gasteiger partial charge < -0.3 is 25.4 Å². The number of nitrogens with one attached hydrogen (secondary N) is 1. The summed E-state index contributed by atoms with van der Waals surface area (Å²) in [5.41, 5.74) is 8.46. The van der Waals surface area contributed by atoms with Gasteiger partial charge in [-0.2, -0.15) is 0 Å². The molecule has 6 nitrogen and oxygen atoms in total. The number of halogens is 1. The highest BCUT2D eigenvalue weighted by molar-refractivity contribution is 6.34. The molecule has 3 rings (SSSR count). The minimum atomic E-state index is -0.294. The summed E-state index contributed by atoms with van der Waals surface area (Å²) in [6.07, 6.45) is 0. The molecular formula is C18H20ClN3O3. The number of para-hydroxylation sites is 1. The van der Waals surface area contributed by atoms with E-state index in [0.717, 1.165) is 18.8 Å². The minimum Gasteiger partial charge on any atom is -0.496 e. The number of ether oxygens (including phenoxy) is 2.